The van der Waals surface area contributed by atoms with Crippen molar-refractivity contribution in [3.8, 4) is 0 Å². The zero-order chi connectivity index (χ0) is 17.1. The van der Waals surface area contributed by atoms with Crippen molar-refractivity contribution in [2.45, 2.75) is 25.2 Å². The molecule has 0 radical (unpaired) electrons. The third-order valence-electron chi connectivity index (χ3n) is 3.52. The molecule has 0 spiro atoms. The van der Waals surface area contributed by atoms with Crippen LogP contribution in [-0.4, -0.2) is 32.4 Å². The first-order chi connectivity index (χ1) is 10.9. The minimum atomic E-state index is -0.430. The van der Waals surface area contributed by atoms with Gasteiger partial charge in [-0.25, -0.2) is 9.78 Å². The van der Waals surface area contributed by atoms with Crippen molar-refractivity contribution in [1.29, 1.82) is 0 Å². The molecule has 2 aromatic rings. The monoisotopic (exact) mass is 337 g/mol. The fourth-order valence-electron chi connectivity index (χ4n) is 2.29. The summed E-state index contributed by atoms with van der Waals surface area (Å²) < 4.78 is 7.32. The van der Waals surface area contributed by atoms with E-state index in [1.54, 1.807) is 20.2 Å². The number of pyridine rings is 1. The van der Waals surface area contributed by atoms with Crippen molar-refractivity contribution < 1.29 is 9.53 Å². The molecule has 0 saturated carbocycles. The number of nitrogens with zero attached hydrogens (tertiary/aromatic N) is 3. The highest BCUT2D eigenvalue weighted by atomic mass is 32.2. The largest absolute Gasteiger partial charge is 0.465 e. The van der Waals surface area contributed by atoms with Gasteiger partial charge in [-0.1, -0.05) is 6.92 Å². The third-order valence-corrected chi connectivity index (χ3v) is 4.65. The first kappa shape index (κ1) is 17.3. The molecular weight excluding hydrogens is 318 g/mol. The molecule has 0 unspecified atom stereocenters. The number of fused-ring (bicyclic) bond motifs is 1. The Morgan fingerprint density at radius 1 is 1.26 bits per heavy atom. The Bertz CT molecular complexity index is 870. The van der Waals surface area contributed by atoms with Gasteiger partial charge >= 0.3 is 11.7 Å². The lowest BCUT2D eigenvalue weighted by atomic mass is 10.2. The van der Waals surface area contributed by atoms with E-state index in [0.717, 1.165) is 10.1 Å². The highest BCUT2D eigenvalue weighted by Crippen LogP contribution is 2.28. The highest BCUT2D eigenvalue weighted by Gasteiger charge is 2.18. The quantitative estimate of drug-likeness (QED) is 0.594. The summed E-state index contributed by atoms with van der Waals surface area (Å²) in [6, 6.07) is 0. The Hall–Kier alpha value is -2.09. The normalized spacial score (nSPS) is 11.0. The highest BCUT2D eigenvalue weighted by molar-refractivity contribution is 8.00. The minimum Gasteiger partial charge on any atom is -0.465 e. The molecule has 0 aromatic carbocycles. The lowest BCUT2D eigenvalue weighted by Crippen LogP contribution is -2.37. The Morgan fingerprint density at radius 2 is 1.96 bits per heavy atom. The molecule has 0 saturated heterocycles. The molecule has 2 aromatic heterocycles. The second-order valence-electron chi connectivity index (χ2n) is 4.96. The van der Waals surface area contributed by atoms with Crippen LogP contribution in [0.1, 0.15) is 19.4 Å². The van der Waals surface area contributed by atoms with Crippen LogP contribution < -0.4 is 11.2 Å². The van der Waals surface area contributed by atoms with Crippen LogP contribution in [0.25, 0.3) is 11.0 Å². The minimum absolute atomic E-state index is 0.103. The fraction of sp³-hybridized carbons (Fsp3) is 0.467. The van der Waals surface area contributed by atoms with Crippen molar-refractivity contribution in [3.63, 3.8) is 0 Å². The van der Waals surface area contributed by atoms with Gasteiger partial charge in [0, 0.05) is 25.2 Å². The van der Waals surface area contributed by atoms with E-state index in [9.17, 15) is 14.4 Å². The maximum Gasteiger partial charge on any atom is 0.332 e. The van der Waals surface area contributed by atoms with Crippen LogP contribution in [0.5, 0.6) is 0 Å². The Kier molecular flexibility index (Phi) is 5.25. The zero-order valence-corrected chi connectivity index (χ0v) is 14.4. The van der Waals surface area contributed by atoms with Crippen LogP contribution >= 0.6 is 11.8 Å². The van der Waals surface area contributed by atoms with Crippen molar-refractivity contribution in [1.82, 2.24) is 14.1 Å². The average molecular weight is 337 g/mol. The molecule has 23 heavy (non-hydrogen) atoms. The molecular formula is C15H19N3O4S. The molecule has 2 rings (SSSR count). The summed E-state index contributed by atoms with van der Waals surface area (Å²) in [7, 11) is 3.00. The molecule has 8 heteroatoms. The van der Waals surface area contributed by atoms with E-state index in [0.29, 0.717) is 29.0 Å². The van der Waals surface area contributed by atoms with Crippen LogP contribution in [-0.2, 0) is 30.0 Å². The number of rotatable bonds is 5. The number of thioether (sulfide) groups is 1. The van der Waals surface area contributed by atoms with Crippen LogP contribution in [0.3, 0.4) is 0 Å². The van der Waals surface area contributed by atoms with E-state index in [2.05, 4.69) is 4.98 Å². The molecule has 0 amide bonds. The zero-order valence-electron chi connectivity index (χ0n) is 13.6. The number of hydrogen-bond donors (Lipinski definition) is 0. The fourth-order valence-corrected chi connectivity index (χ4v) is 3.34. The molecule has 0 bridgehead atoms. The smallest absolute Gasteiger partial charge is 0.332 e. The maximum atomic E-state index is 12.5. The van der Waals surface area contributed by atoms with Gasteiger partial charge in [-0.15, -0.1) is 11.8 Å². The number of aromatic nitrogens is 3. The van der Waals surface area contributed by atoms with E-state index in [1.165, 1.54) is 23.4 Å². The predicted molar refractivity (Wildman–Crippen MR) is 89.0 cm³/mol. The Labute approximate surface area is 137 Å². The Balaban J connectivity index is 2.68. The van der Waals surface area contributed by atoms with E-state index in [-0.39, 0.29) is 11.7 Å². The molecule has 0 fully saturated rings. The van der Waals surface area contributed by atoms with Gasteiger partial charge in [0.1, 0.15) is 5.65 Å². The number of carbonyl (C=O) groups excluding carboxylic acids is 1. The standard InChI is InChI=1S/C15H19N3O4S/c1-5-9-7-16-13-11(12(9)23-8-10(19)22-6-2)14(20)18(4)15(21)17(13)3/h7H,5-6,8H2,1-4H3. The number of carbonyl (C=O) groups is 1. The van der Waals surface area contributed by atoms with Gasteiger partial charge in [-0.05, 0) is 18.9 Å². The first-order valence-electron chi connectivity index (χ1n) is 7.28. The lowest BCUT2D eigenvalue weighted by Gasteiger charge is -2.13. The number of esters is 1. The molecule has 0 atom stereocenters. The first-order valence-corrected chi connectivity index (χ1v) is 8.26. The number of ether oxygens (including phenoxy) is 1. The second kappa shape index (κ2) is 6.99. The number of aryl methyl sites for hydroxylation is 2. The van der Waals surface area contributed by atoms with Crippen molar-refractivity contribution in [3.05, 3.63) is 32.6 Å². The van der Waals surface area contributed by atoms with Gasteiger partial charge in [-0.2, -0.15) is 0 Å². The average Bonchev–Trinajstić information content (AvgIpc) is 2.55. The molecule has 0 aliphatic rings. The molecule has 0 aliphatic carbocycles. The van der Waals surface area contributed by atoms with Gasteiger partial charge in [0.05, 0.1) is 17.7 Å². The van der Waals surface area contributed by atoms with Crippen LogP contribution in [0.2, 0.25) is 0 Å². The summed E-state index contributed by atoms with van der Waals surface area (Å²) in [6.45, 7) is 4.00. The Morgan fingerprint density at radius 3 is 2.57 bits per heavy atom. The van der Waals surface area contributed by atoms with E-state index >= 15 is 0 Å². The van der Waals surface area contributed by atoms with Crippen LogP contribution in [0.15, 0.2) is 20.7 Å². The summed E-state index contributed by atoms with van der Waals surface area (Å²) in [4.78, 5) is 41.1. The van der Waals surface area contributed by atoms with Crippen molar-refractivity contribution in [2.75, 3.05) is 12.4 Å². The summed E-state index contributed by atoms with van der Waals surface area (Å²) in [5, 5.41) is 0.364. The molecule has 0 N–H and O–H groups in total. The van der Waals surface area contributed by atoms with Gasteiger partial charge in [-0.3, -0.25) is 18.7 Å². The van der Waals surface area contributed by atoms with Gasteiger partial charge in [0.2, 0.25) is 0 Å². The van der Waals surface area contributed by atoms with Gasteiger partial charge in [0.15, 0.2) is 0 Å². The number of hydrogen-bond acceptors (Lipinski definition) is 6. The van der Waals surface area contributed by atoms with E-state index in [1.807, 2.05) is 6.92 Å². The molecule has 0 aliphatic heterocycles. The van der Waals surface area contributed by atoms with Crippen molar-refractivity contribution in [2.24, 2.45) is 14.1 Å². The molecule has 7 nitrogen and oxygen atoms in total. The summed E-state index contributed by atoms with van der Waals surface area (Å²) in [5.41, 5.74) is 0.349. The van der Waals surface area contributed by atoms with Crippen LogP contribution in [0, 0.1) is 0 Å². The third kappa shape index (κ3) is 3.17. The maximum absolute atomic E-state index is 12.5. The summed E-state index contributed by atoms with van der Waals surface area (Å²) >= 11 is 1.24. The molecule has 124 valence electrons. The van der Waals surface area contributed by atoms with Gasteiger partial charge < -0.3 is 4.74 Å². The predicted octanol–water partition coefficient (Wildman–Crippen LogP) is 0.850. The van der Waals surface area contributed by atoms with E-state index in [4.69, 9.17) is 4.74 Å². The SMILES string of the molecule is CCOC(=O)CSc1c(CC)cnc2c1c(=O)n(C)c(=O)n2C. The topological polar surface area (TPSA) is 83.2 Å². The van der Waals surface area contributed by atoms with Crippen LogP contribution in [0.4, 0.5) is 0 Å². The summed E-state index contributed by atoms with van der Waals surface area (Å²) in [5.74, 6) is -0.238. The van der Waals surface area contributed by atoms with Gasteiger partial charge in [0.25, 0.3) is 5.56 Å². The van der Waals surface area contributed by atoms with E-state index < -0.39 is 11.2 Å². The second-order valence-corrected chi connectivity index (χ2v) is 5.95. The van der Waals surface area contributed by atoms with Crippen molar-refractivity contribution >= 4 is 28.8 Å². The lowest BCUT2D eigenvalue weighted by molar-refractivity contribution is -0.139. The molecule has 2 heterocycles. The summed E-state index contributed by atoms with van der Waals surface area (Å²) in [6.07, 6.45) is 2.31.